The second-order valence-corrected chi connectivity index (χ2v) is 8.67. The van der Waals surface area contributed by atoms with Crippen molar-refractivity contribution in [2.24, 2.45) is 0 Å². The number of anilines is 1. The smallest absolute Gasteiger partial charge is 0.335 e. The molecule has 1 heterocycles. The van der Waals surface area contributed by atoms with Gasteiger partial charge in [0.05, 0.1) is 12.3 Å². The zero-order valence-electron chi connectivity index (χ0n) is 20.1. The van der Waals surface area contributed by atoms with Crippen LogP contribution in [0.2, 0.25) is 5.02 Å². The molecule has 0 radical (unpaired) electrons. The minimum absolute atomic E-state index is 0.190. The van der Waals surface area contributed by atoms with E-state index in [-0.39, 0.29) is 5.57 Å². The van der Waals surface area contributed by atoms with Crippen LogP contribution in [0.25, 0.3) is 6.08 Å². The van der Waals surface area contributed by atoms with Crippen LogP contribution in [0, 0.1) is 13.8 Å². The first-order chi connectivity index (χ1) is 17.3. The fourth-order valence-corrected chi connectivity index (χ4v) is 4.02. The Hall–Kier alpha value is -4.10. The normalized spacial score (nSPS) is 14.7. The maximum Gasteiger partial charge on any atom is 0.335 e. The Bertz CT molecular complexity index is 1380. The highest BCUT2D eigenvalue weighted by atomic mass is 35.5. The lowest BCUT2D eigenvalue weighted by Gasteiger charge is -2.27. The third-order valence-corrected chi connectivity index (χ3v) is 6.05. The minimum Gasteiger partial charge on any atom is -0.490 e. The molecule has 7 nitrogen and oxygen atoms in total. The third-order valence-electron chi connectivity index (χ3n) is 5.64. The molecule has 0 aliphatic carbocycles. The second kappa shape index (κ2) is 10.7. The van der Waals surface area contributed by atoms with Crippen LogP contribution in [0.5, 0.6) is 11.5 Å². The summed E-state index contributed by atoms with van der Waals surface area (Å²) in [6, 6.07) is 17.2. The predicted octanol–water partition coefficient (Wildman–Crippen LogP) is 5.60. The molecule has 0 bridgehead atoms. The van der Waals surface area contributed by atoms with Crippen LogP contribution >= 0.6 is 11.6 Å². The molecule has 3 aromatic rings. The Labute approximate surface area is 214 Å². The van der Waals surface area contributed by atoms with Crippen molar-refractivity contribution >= 4 is 41.2 Å². The number of halogens is 1. The summed E-state index contributed by atoms with van der Waals surface area (Å²) in [6.07, 6.45) is 1.42. The van der Waals surface area contributed by atoms with E-state index in [1.54, 1.807) is 43.3 Å². The summed E-state index contributed by atoms with van der Waals surface area (Å²) in [5, 5.41) is 2.63. The van der Waals surface area contributed by atoms with Gasteiger partial charge in [-0.3, -0.25) is 14.9 Å². The molecular formula is C28H25ClN2O5. The fourth-order valence-electron chi connectivity index (χ4n) is 3.85. The Morgan fingerprint density at radius 2 is 1.72 bits per heavy atom. The molecule has 1 fully saturated rings. The number of ether oxygens (including phenoxy) is 2. The number of hydrogen-bond acceptors (Lipinski definition) is 5. The molecule has 8 heteroatoms. The van der Waals surface area contributed by atoms with Crippen molar-refractivity contribution in [2.45, 2.75) is 27.4 Å². The van der Waals surface area contributed by atoms with Gasteiger partial charge in [0.15, 0.2) is 11.5 Å². The average molecular weight is 505 g/mol. The fraction of sp³-hybridized carbons (Fsp3) is 0.179. The van der Waals surface area contributed by atoms with Crippen LogP contribution in [-0.2, 0) is 16.2 Å². The monoisotopic (exact) mass is 504 g/mol. The number of nitrogens with zero attached hydrogens (tertiary/aromatic N) is 1. The number of aryl methyl sites for hydroxylation is 1. The topological polar surface area (TPSA) is 84.9 Å². The van der Waals surface area contributed by atoms with E-state index in [9.17, 15) is 14.4 Å². The van der Waals surface area contributed by atoms with Gasteiger partial charge in [-0.2, -0.15) is 0 Å². The van der Waals surface area contributed by atoms with Gasteiger partial charge in [-0.25, -0.2) is 9.69 Å². The van der Waals surface area contributed by atoms with Crippen LogP contribution in [0.15, 0.2) is 66.2 Å². The van der Waals surface area contributed by atoms with Crippen molar-refractivity contribution in [2.75, 3.05) is 11.5 Å². The van der Waals surface area contributed by atoms with E-state index in [0.717, 1.165) is 16.0 Å². The van der Waals surface area contributed by atoms with Crippen molar-refractivity contribution in [1.82, 2.24) is 5.32 Å². The Balaban J connectivity index is 1.63. The van der Waals surface area contributed by atoms with E-state index in [4.69, 9.17) is 21.1 Å². The molecule has 0 spiro atoms. The van der Waals surface area contributed by atoms with Crippen LogP contribution in [0.3, 0.4) is 0 Å². The molecule has 0 aromatic heterocycles. The average Bonchev–Trinajstić information content (AvgIpc) is 2.84. The van der Waals surface area contributed by atoms with Crippen LogP contribution in [-0.4, -0.2) is 24.5 Å². The molecule has 0 atom stereocenters. The molecule has 184 valence electrons. The standard InChI is InChI=1S/C28H25ClN2O5/c1-4-35-25-15-19(11-12-24(25)36-16-20-8-5-7-17(2)13-20)14-21-26(32)30-28(34)31(27(21)33)23-10-6-9-22(29)18(23)3/h5-15H,4,16H2,1-3H3,(H,30,32,34)/b21-14+. The summed E-state index contributed by atoms with van der Waals surface area (Å²) in [6.45, 7) is 6.32. The Morgan fingerprint density at radius 3 is 2.47 bits per heavy atom. The number of hydrogen-bond donors (Lipinski definition) is 1. The highest BCUT2D eigenvalue weighted by Crippen LogP contribution is 2.32. The summed E-state index contributed by atoms with van der Waals surface area (Å²) in [5.41, 5.74) is 3.36. The molecule has 36 heavy (non-hydrogen) atoms. The number of carbonyl (C=O) groups is 3. The minimum atomic E-state index is -0.831. The van der Waals surface area contributed by atoms with E-state index in [1.807, 2.05) is 38.1 Å². The SMILES string of the molecule is CCOc1cc(/C=C2\C(=O)NC(=O)N(c3cccc(Cl)c3C)C2=O)ccc1OCc1cccc(C)c1. The van der Waals surface area contributed by atoms with Crippen LogP contribution in [0.1, 0.15) is 29.2 Å². The molecule has 1 aliphatic heterocycles. The lowest BCUT2D eigenvalue weighted by atomic mass is 10.1. The maximum atomic E-state index is 13.3. The van der Waals surface area contributed by atoms with Gasteiger partial charge in [-0.15, -0.1) is 0 Å². The van der Waals surface area contributed by atoms with Gasteiger partial charge in [0.2, 0.25) is 0 Å². The predicted molar refractivity (Wildman–Crippen MR) is 138 cm³/mol. The molecule has 4 amide bonds. The van der Waals surface area contributed by atoms with E-state index in [0.29, 0.717) is 46.5 Å². The van der Waals surface area contributed by atoms with E-state index in [2.05, 4.69) is 5.32 Å². The third kappa shape index (κ3) is 5.26. The maximum absolute atomic E-state index is 13.3. The molecule has 4 rings (SSSR count). The number of nitrogens with one attached hydrogen (secondary N) is 1. The number of carbonyl (C=O) groups excluding carboxylic acids is 3. The Morgan fingerprint density at radius 1 is 0.944 bits per heavy atom. The lowest BCUT2D eigenvalue weighted by molar-refractivity contribution is -0.122. The second-order valence-electron chi connectivity index (χ2n) is 8.26. The molecule has 1 saturated heterocycles. The molecular weight excluding hydrogens is 480 g/mol. The van der Waals surface area contributed by atoms with Gasteiger partial charge in [0.1, 0.15) is 12.2 Å². The van der Waals surface area contributed by atoms with Crippen molar-refractivity contribution in [3.05, 3.63) is 93.5 Å². The molecule has 1 N–H and O–H groups in total. The first kappa shape index (κ1) is 25.0. The molecule has 0 saturated carbocycles. The summed E-state index contributed by atoms with van der Waals surface area (Å²) in [5.74, 6) is -0.515. The van der Waals surface area contributed by atoms with E-state index < -0.39 is 17.8 Å². The Kier molecular flexibility index (Phi) is 7.41. The van der Waals surface area contributed by atoms with E-state index in [1.165, 1.54) is 6.08 Å². The zero-order chi connectivity index (χ0) is 25.8. The van der Waals surface area contributed by atoms with Crippen molar-refractivity contribution in [3.8, 4) is 11.5 Å². The van der Waals surface area contributed by atoms with Gasteiger partial charge in [0.25, 0.3) is 11.8 Å². The number of benzene rings is 3. The summed E-state index contributed by atoms with van der Waals surface area (Å²) >= 11 is 6.18. The van der Waals surface area contributed by atoms with Gasteiger partial charge in [-0.1, -0.05) is 53.6 Å². The van der Waals surface area contributed by atoms with Gasteiger partial charge in [-0.05, 0) is 67.8 Å². The number of urea groups is 1. The quantitative estimate of drug-likeness (QED) is 0.334. The van der Waals surface area contributed by atoms with Crippen molar-refractivity contribution < 1.29 is 23.9 Å². The number of imide groups is 2. The van der Waals surface area contributed by atoms with Gasteiger partial charge >= 0.3 is 6.03 Å². The first-order valence-corrected chi connectivity index (χ1v) is 11.8. The highest BCUT2D eigenvalue weighted by molar-refractivity contribution is 6.39. The van der Waals surface area contributed by atoms with Crippen LogP contribution in [0.4, 0.5) is 10.5 Å². The van der Waals surface area contributed by atoms with Crippen LogP contribution < -0.4 is 19.7 Å². The number of barbiturate groups is 1. The lowest BCUT2D eigenvalue weighted by Crippen LogP contribution is -2.54. The summed E-state index contributed by atoms with van der Waals surface area (Å²) in [7, 11) is 0. The zero-order valence-corrected chi connectivity index (χ0v) is 20.9. The summed E-state index contributed by atoms with van der Waals surface area (Å²) in [4.78, 5) is 39.3. The molecule has 1 aliphatic rings. The molecule has 3 aromatic carbocycles. The molecule has 0 unspecified atom stereocenters. The van der Waals surface area contributed by atoms with Gasteiger partial charge in [0, 0.05) is 5.02 Å². The first-order valence-electron chi connectivity index (χ1n) is 11.4. The summed E-state index contributed by atoms with van der Waals surface area (Å²) < 4.78 is 11.7. The highest BCUT2D eigenvalue weighted by Gasteiger charge is 2.37. The number of amides is 4. The van der Waals surface area contributed by atoms with E-state index >= 15 is 0 Å². The van der Waals surface area contributed by atoms with Crippen molar-refractivity contribution in [1.29, 1.82) is 0 Å². The number of rotatable bonds is 7. The van der Waals surface area contributed by atoms with Crippen molar-refractivity contribution in [3.63, 3.8) is 0 Å². The largest absolute Gasteiger partial charge is 0.490 e. The van der Waals surface area contributed by atoms with Gasteiger partial charge < -0.3 is 9.47 Å².